The summed E-state index contributed by atoms with van der Waals surface area (Å²) < 4.78 is 26.0. The standard InChI is InChI=1S/C11H15F2NO3S/c12-11(13)3-1-7(2-4-11)9(15)14-6-18-5-8(14)10(16)17/h7-8H,1-6H2,(H,16,17). The maximum Gasteiger partial charge on any atom is 0.327 e. The monoisotopic (exact) mass is 279 g/mol. The number of thioether (sulfide) groups is 1. The molecular weight excluding hydrogens is 264 g/mol. The van der Waals surface area contributed by atoms with Gasteiger partial charge in [-0.25, -0.2) is 13.6 Å². The maximum atomic E-state index is 13.0. The predicted octanol–water partition coefficient (Wildman–Crippen LogP) is 1.80. The van der Waals surface area contributed by atoms with E-state index < -0.39 is 23.9 Å². The molecule has 1 heterocycles. The number of hydrogen-bond donors (Lipinski definition) is 1. The molecule has 1 saturated heterocycles. The van der Waals surface area contributed by atoms with Gasteiger partial charge in [-0.3, -0.25) is 4.79 Å². The lowest BCUT2D eigenvalue weighted by molar-refractivity contribution is -0.151. The highest BCUT2D eigenvalue weighted by atomic mass is 32.2. The fourth-order valence-corrected chi connectivity index (χ4v) is 3.54. The fourth-order valence-electron chi connectivity index (χ4n) is 2.39. The molecule has 18 heavy (non-hydrogen) atoms. The number of aliphatic carboxylic acids is 1. The molecule has 1 N–H and O–H groups in total. The predicted molar refractivity (Wildman–Crippen MR) is 62.5 cm³/mol. The first-order valence-electron chi connectivity index (χ1n) is 5.89. The summed E-state index contributed by atoms with van der Waals surface area (Å²) in [5.41, 5.74) is 0. The minimum atomic E-state index is -2.66. The number of carboxylic acid groups (broad SMARTS) is 1. The molecular formula is C11H15F2NO3S. The van der Waals surface area contributed by atoms with Gasteiger partial charge in [-0.1, -0.05) is 0 Å². The van der Waals surface area contributed by atoms with Gasteiger partial charge < -0.3 is 10.0 Å². The topological polar surface area (TPSA) is 57.6 Å². The van der Waals surface area contributed by atoms with E-state index in [4.69, 9.17) is 5.11 Å². The van der Waals surface area contributed by atoms with E-state index in [0.29, 0.717) is 11.6 Å². The van der Waals surface area contributed by atoms with Crippen molar-refractivity contribution in [3.63, 3.8) is 0 Å². The second-order valence-corrected chi connectivity index (χ2v) is 5.79. The molecule has 2 rings (SSSR count). The Morgan fingerprint density at radius 3 is 2.44 bits per heavy atom. The third-order valence-electron chi connectivity index (χ3n) is 3.52. The van der Waals surface area contributed by atoms with Crippen LogP contribution in [0.4, 0.5) is 8.78 Å². The van der Waals surface area contributed by atoms with Gasteiger partial charge in [0.2, 0.25) is 11.8 Å². The molecule has 1 saturated carbocycles. The molecule has 0 spiro atoms. The van der Waals surface area contributed by atoms with Crippen molar-refractivity contribution in [2.45, 2.75) is 37.6 Å². The van der Waals surface area contributed by atoms with Crippen LogP contribution in [0, 0.1) is 5.92 Å². The highest BCUT2D eigenvalue weighted by Crippen LogP contribution is 2.37. The van der Waals surface area contributed by atoms with Crippen molar-refractivity contribution < 1.29 is 23.5 Å². The van der Waals surface area contributed by atoms with E-state index in [1.54, 1.807) is 0 Å². The number of amides is 1. The Hall–Kier alpha value is -0.850. The van der Waals surface area contributed by atoms with Crippen LogP contribution in [0.3, 0.4) is 0 Å². The van der Waals surface area contributed by atoms with E-state index in [2.05, 4.69) is 0 Å². The summed E-state index contributed by atoms with van der Waals surface area (Å²) in [6, 6.07) is -0.801. The molecule has 1 unspecified atom stereocenters. The zero-order valence-electron chi connectivity index (χ0n) is 9.77. The first-order chi connectivity index (χ1) is 8.41. The van der Waals surface area contributed by atoms with Crippen LogP contribution < -0.4 is 0 Å². The fraction of sp³-hybridized carbons (Fsp3) is 0.818. The van der Waals surface area contributed by atoms with Gasteiger partial charge in [0.25, 0.3) is 0 Å². The average molecular weight is 279 g/mol. The first kappa shape index (κ1) is 13.6. The Morgan fingerprint density at radius 1 is 1.28 bits per heavy atom. The van der Waals surface area contributed by atoms with Gasteiger partial charge in [-0.2, -0.15) is 0 Å². The molecule has 0 aromatic heterocycles. The zero-order valence-corrected chi connectivity index (χ0v) is 10.6. The van der Waals surface area contributed by atoms with E-state index in [1.807, 2.05) is 0 Å². The number of rotatable bonds is 2. The molecule has 0 bridgehead atoms. The number of carboxylic acids is 1. The first-order valence-corrected chi connectivity index (χ1v) is 7.05. The van der Waals surface area contributed by atoms with Gasteiger partial charge in [0.1, 0.15) is 6.04 Å². The van der Waals surface area contributed by atoms with Gasteiger partial charge >= 0.3 is 5.97 Å². The Labute approximate surface area is 108 Å². The van der Waals surface area contributed by atoms with Crippen molar-refractivity contribution in [1.29, 1.82) is 0 Å². The van der Waals surface area contributed by atoms with Crippen molar-refractivity contribution in [2.75, 3.05) is 11.6 Å². The van der Waals surface area contributed by atoms with Crippen molar-refractivity contribution in [1.82, 2.24) is 4.90 Å². The molecule has 1 aliphatic carbocycles. The molecule has 7 heteroatoms. The van der Waals surface area contributed by atoms with E-state index in [0.717, 1.165) is 0 Å². The SMILES string of the molecule is O=C(O)C1CSCN1C(=O)C1CCC(F)(F)CC1. The Morgan fingerprint density at radius 2 is 1.89 bits per heavy atom. The number of nitrogens with zero attached hydrogens (tertiary/aromatic N) is 1. The molecule has 0 aromatic rings. The van der Waals surface area contributed by atoms with Crippen LogP contribution in [0.2, 0.25) is 0 Å². The summed E-state index contributed by atoms with van der Waals surface area (Å²) in [6.07, 6.45) is -0.247. The molecule has 102 valence electrons. The van der Waals surface area contributed by atoms with Crippen molar-refractivity contribution in [3.05, 3.63) is 0 Å². The lowest BCUT2D eigenvalue weighted by atomic mass is 9.86. The van der Waals surface area contributed by atoms with Crippen LogP contribution in [-0.2, 0) is 9.59 Å². The van der Waals surface area contributed by atoms with Crippen molar-refractivity contribution >= 4 is 23.6 Å². The van der Waals surface area contributed by atoms with Gasteiger partial charge in [0, 0.05) is 24.5 Å². The molecule has 1 atom stereocenters. The molecule has 1 amide bonds. The van der Waals surface area contributed by atoms with E-state index in [9.17, 15) is 18.4 Å². The number of carbonyl (C=O) groups excluding carboxylic acids is 1. The zero-order chi connectivity index (χ0) is 13.3. The van der Waals surface area contributed by atoms with Crippen LogP contribution in [0.1, 0.15) is 25.7 Å². The van der Waals surface area contributed by atoms with Gasteiger partial charge in [0.15, 0.2) is 0 Å². The van der Waals surface area contributed by atoms with E-state index in [1.165, 1.54) is 16.7 Å². The number of alkyl halides is 2. The lowest BCUT2D eigenvalue weighted by Gasteiger charge is -2.31. The summed E-state index contributed by atoms with van der Waals surface area (Å²) in [4.78, 5) is 24.4. The van der Waals surface area contributed by atoms with E-state index in [-0.39, 0.29) is 31.6 Å². The summed E-state index contributed by atoms with van der Waals surface area (Å²) in [7, 11) is 0. The van der Waals surface area contributed by atoms with Crippen molar-refractivity contribution in [3.8, 4) is 0 Å². The van der Waals surface area contributed by atoms with Crippen LogP contribution in [0.5, 0.6) is 0 Å². The molecule has 2 aliphatic rings. The molecule has 2 fully saturated rings. The highest BCUT2D eigenvalue weighted by molar-refractivity contribution is 7.99. The highest BCUT2D eigenvalue weighted by Gasteiger charge is 2.42. The lowest BCUT2D eigenvalue weighted by Crippen LogP contribution is -2.45. The van der Waals surface area contributed by atoms with Crippen LogP contribution >= 0.6 is 11.8 Å². The van der Waals surface area contributed by atoms with Crippen LogP contribution in [0.25, 0.3) is 0 Å². The normalized spacial score (nSPS) is 28.3. The maximum absolute atomic E-state index is 13.0. The molecule has 0 aromatic carbocycles. The largest absolute Gasteiger partial charge is 0.480 e. The Balaban J connectivity index is 1.97. The smallest absolute Gasteiger partial charge is 0.327 e. The quantitative estimate of drug-likeness (QED) is 0.837. The molecule has 1 aliphatic heterocycles. The third-order valence-corrected chi connectivity index (χ3v) is 4.53. The minimum absolute atomic E-state index is 0.152. The molecule has 0 radical (unpaired) electrons. The number of hydrogen-bond acceptors (Lipinski definition) is 3. The summed E-state index contributed by atoms with van der Waals surface area (Å²) in [6.45, 7) is 0. The number of carbonyl (C=O) groups is 2. The Bertz CT molecular complexity index is 354. The summed E-state index contributed by atoms with van der Waals surface area (Å²) in [5, 5.41) is 8.99. The second kappa shape index (κ2) is 5.03. The van der Waals surface area contributed by atoms with Crippen molar-refractivity contribution in [2.24, 2.45) is 5.92 Å². The van der Waals surface area contributed by atoms with Crippen LogP contribution in [-0.4, -0.2) is 45.5 Å². The molecule has 4 nitrogen and oxygen atoms in total. The van der Waals surface area contributed by atoms with Gasteiger partial charge in [0.05, 0.1) is 5.88 Å². The van der Waals surface area contributed by atoms with Gasteiger partial charge in [-0.15, -0.1) is 11.8 Å². The van der Waals surface area contributed by atoms with E-state index >= 15 is 0 Å². The Kier molecular flexibility index (Phi) is 3.79. The summed E-state index contributed by atoms with van der Waals surface area (Å²) >= 11 is 1.39. The van der Waals surface area contributed by atoms with Gasteiger partial charge in [-0.05, 0) is 12.8 Å². The second-order valence-electron chi connectivity index (χ2n) is 4.79. The third kappa shape index (κ3) is 2.76. The average Bonchev–Trinajstić information content (AvgIpc) is 2.77. The minimum Gasteiger partial charge on any atom is -0.480 e. The number of halogens is 2. The summed E-state index contributed by atoms with van der Waals surface area (Å²) in [5.74, 6) is -3.67. The van der Waals surface area contributed by atoms with Crippen LogP contribution in [0.15, 0.2) is 0 Å².